The summed E-state index contributed by atoms with van der Waals surface area (Å²) in [5.74, 6) is -0.00352. The Labute approximate surface area is 125 Å². The van der Waals surface area contributed by atoms with Crippen LogP contribution in [0.2, 0.25) is 0 Å². The number of methoxy groups -OCH3 is 1. The van der Waals surface area contributed by atoms with Crippen molar-refractivity contribution < 1.29 is 17.5 Å². The molecule has 0 aromatic heterocycles. The molecule has 0 spiro atoms. The van der Waals surface area contributed by atoms with Crippen LogP contribution < -0.4 is 10.1 Å². The van der Waals surface area contributed by atoms with E-state index in [0.29, 0.717) is 12.0 Å². The molecule has 1 aliphatic rings. The summed E-state index contributed by atoms with van der Waals surface area (Å²) >= 11 is 0. The molecule has 0 saturated carbocycles. The van der Waals surface area contributed by atoms with Gasteiger partial charge >= 0.3 is 0 Å². The number of hydrogen-bond donors (Lipinski definition) is 1. The predicted molar refractivity (Wildman–Crippen MR) is 80.7 cm³/mol. The van der Waals surface area contributed by atoms with Gasteiger partial charge in [-0.3, -0.25) is 0 Å². The number of ether oxygens (including phenoxy) is 1. The van der Waals surface area contributed by atoms with Crippen LogP contribution in [0.25, 0.3) is 0 Å². The molecule has 0 amide bonds. The highest BCUT2D eigenvalue weighted by Crippen LogP contribution is 2.35. The molecule has 4 nitrogen and oxygen atoms in total. The van der Waals surface area contributed by atoms with Gasteiger partial charge in [0, 0.05) is 11.6 Å². The maximum Gasteiger partial charge on any atom is 0.169 e. The van der Waals surface area contributed by atoms with E-state index in [0.717, 1.165) is 13.0 Å². The van der Waals surface area contributed by atoms with Crippen molar-refractivity contribution in [2.45, 2.75) is 25.8 Å². The summed E-state index contributed by atoms with van der Waals surface area (Å²) in [6.07, 6.45) is 1.47. The number of benzene rings is 1. The van der Waals surface area contributed by atoms with E-state index < -0.39 is 15.7 Å². The summed E-state index contributed by atoms with van der Waals surface area (Å²) < 4.78 is 42.9. The Morgan fingerprint density at radius 3 is 2.81 bits per heavy atom. The van der Waals surface area contributed by atoms with Gasteiger partial charge in [-0.1, -0.05) is 19.1 Å². The second-order valence-corrected chi connectivity index (χ2v) is 7.69. The van der Waals surface area contributed by atoms with Crippen molar-refractivity contribution in [3.8, 4) is 5.75 Å². The smallest absolute Gasteiger partial charge is 0.169 e. The molecule has 2 atom stereocenters. The molecular formula is C15H22FNO3S. The van der Waals surface area contributed by atoms with Crippen LogP contribution in [0.1, 0.15) is 31.4 Å². The summed E-state index contributed by atoms with van der Waals surface area (Å²) in [6.45, 7) is 2.75. The fraction of sp³-hybridized carbons (Fsp3) is 0.600. The molecule has 21 heavy (non-hydrogen) atoms. The molecule has 1 aliphatic heterocycles. The molecule has 1 heterocycles. The minimum Gasteiger partial charge on any atom is -0.494 e. The Morgan fingerprint density at radius 2 is 2.24 bits per heavy atom. The van der Waals surface area contributed by atoms with Crippen LogP contribution in [0.4, 0.5) is 4.39 Å². The largest absolute Gasteiger partial charge is 0.494 e. The number of nitrogens with one attached hydrogen (secondary N) is 1. The van der Waals surface area contributed by atoms with Gasteiger partial charge in [0.25, 0.3) is 0 Å². The third kappa shape index (κ3) is 3.74. The SMILES string of the molecule is CCCNC(c1cccc(OC)c1F)C1CCS(=O)(=O)C1. The zero-order valence-corrected chi connectivity index (χ0v) is 13.2. The molecule has 2 unspecified atom stereocenters. The first-order valence-corrected chi connectivity index (χ1v) is 9.07. The van der Waals surface area contributed by atoms with Gasteiger partial charge in [-0.25, -0.2) is 12.8 Å². The Balaban J connectivity index is 2.32. The third-order valence-corrected chi connectivity index (χ3v) is 5.70. The molecule has 2 rings (SSSR count). The van der Waals surface area contributed by atoms with Crippen LogP contribution >= 0.6 is 0 Å². The highest BCUT2D eigenvalue weighted by Gasteiger charge is 2.35. The number of sulfone groups is 1. The number of rotatable bonds is 6. The van der Waals surface area contributed by atoms with Crippen LogP contribution in [0.3, 0.4) is 0 Å². The van der Waals surface area contributed by atoms with E-state index in [4.69, 9.17) is 4.74 Å². The lowest BCUT2D eigenvalue weighted by molar-refractivity contribution is 0.356. The first-order chi connectivity index (χ1) is 9.98. The topological polar surface area (TPSA) is 55.4 Å². The molecular weight excluding hydrogens is 293 g/mol. The summed E-state index contributed by atoms with van der Waals surface area (Å²) in [5.41, 5.74) is 0.491. The molecule has 0 aliphatic carbocycles. The predicted octanol–water partition coefficient (Wildman–Crippen LogP) is 2.31. The molecule has 118 valence electrons. The fourth-order valence-corrected chi connectivity index (χ4v) is 4.68. The first kappa shape index (κ1) is 16.2. The van der Waals surface area contributed by atoms with Crippen LogP contribution in [-0.2, 0) is 9.84 Å². The second kappa shape index (κ2) is 6.75. The van der Waals surface area contributed by atoms with E-state index in [1.54, 1.807) is 18.2 Å². The van der Waals surface area contributed by atoms with Crippen molar-refractivity contribution in [3.63, 3.8) is 0 Å². The van der Waals surface area contributed by atoms with Gasteiger partial charge < -0.3 is 10.1 Å². The van der Waals surface area contributed by atoms with Gasteiger partial charge in [0.1, 0.15) is 0 Å². The minimum absolute atomic E-state index is 0.0943. The van der Waals surface area contributed by atoms with Crippen molar-refractivity contribution in [1.29, 1.82) is 0 Å². The van der Waals surface area contributed by atoms with Crippen LogP contribution in [0, 0.1) is 11.7 Å². The minimum atomic E-state index is -3.00. The first-order valence-electron chi connectivity index (χ1n) is 7.24. The Bertz CT molecular complexity index is 589. The molecule has 0 radical (unpaired) electrons. The fourth-order valence-electron chi connectivity index (χ4n) is 2.84. The van der Waals surface area contributed by atoms with Crippen molar-refractivity contribution in [2.24, 2.45) is 5.92 Å². The van der Waals surface area contributed by atoms with Gasteiger partial charge in [0.15, 0.2) is 21.4 Å². The average Bonchev–Trinajstić information content (AvgIpc) is 2.81. The Hall–Kier alpha value is -1.14. The van der Waals surface area contributed by atoms with Crippen molar-refractivity contribution in [3.05, 3.63) is 29.6 Å². The maximum atomic E-state index is 14.5. The molecule has 1 saturated heterocycles. The van der Waals surface area contributed by atoms with Crippen molar-refractivity contribution in [1.82, 2.24) is 5.32 Å². The van der Waals surface area contributed by atoms with Gasteiger partial charge in [0.2, 0.25) is 0 Å². The zero-order chi connectivity index (χ0) is 15.5. The Morgan fingerprint density at radius 1 is 1.48 bits per heavy atom. The highest BCUT2D eigenvalue weighted by atomic mass is 32.2. The standard InChI is InChI=1S/C15H22FNO3S/c1-3-8-17-15(11-7-9-21(18,19)10-11)12-5-4-6-13(20-2)14(12)16/h4-6,11,15,17H,3,7-10H2,1-2H3. The van der Waals surface area contributed by atoms with Crippen LogP contribution in [0.5, 0.6) is 5.75 Å². The van der Waals surface area contributed by atoms with E-state index in [1.807, 2.05) is 6.92 Å². The molecule has 6 heteroatoms. The highest BCUT2D eigenvalue weighted by molar-refractivity contribution is 7.91. The monoisotopic (exact) mass is 315 g/mol. The van der Waals surface area contributed by atoms with Gasteiger partial charge in [-0.2, -0.15) is 0 Å². The molecule has 1 N–H and O–H groups in total. The lowest BCUT2D eigenvalue weighted by atomic mass is 9.91. The maximum absolute atomic E-state index is 14.5. The molecule has 1 aromatic rings. The van der Waals surface area contributed by atoms with E-state index in [9.17, 15) is 12.8 Å². The molecule has 0 bridgehead atoms. The van der Waals surface area contributed by atoms with Gasteiger partial charge in [-0.05, 0) is 31.4 Å². The van der Waals surface area contributed by atoms with Gasteiger partial charge in [-0.15, -0.1) is 0 Å². The summed E-state index contributed by atoms with van der Waals surface area (Å²) in [7, 11) is -1.57. The summed E-state index contributed by atoms with van der Waals surface area (Å²) in [6, 6.07) is 4.72. The quantitative estimate of drug-likeness (QED) is 0.875. The average molecular weight is 315 g/mol. The van der Waals surface area contributed by atoms with Crippen LogP contribution in [0.15, 0.2) is 18.2 Å². The van der Waals surface area contributed by atoms with E-state index in [1.165, 1.54) is 7.11 Å². The van der Waals surface area contributed by atoms with Crippen molar-refractivity contribution in [2.75, 3.05) is 25.2 Å². The normalized spacial score (nSPS) is 22.1. The van der Waals surface area contributed by atoms with Gasteiger partial charge in [0.05, 0.1) is 18.6 Å². The molecule has 1 fully saturated rings. The van der Waals surface area contributed by atoms with E-state index >= 15 is 0 Å². The zero-order valence-electron chi connectivity index (χ0n) is 12.4. The van der Waals surface area contributed by atoms with Crippen LogP contribution in [-0.4, -0.2) is 33.6 Å². The summed E-state index contributed by atoms with van der Waals surface area (Å²) in [5, 5.41) is 3.30. The lowest BCUT2D eigenvalue weighted by Crippen LogP contribution is -2.30. The number of hydrogen-bond acceptors (Lipinski definition) is 4. The van der Waals surface area contributed by atoms with E-state index in [2.05, 4.69) is 5.32 Å². The number of halogens is 1. The summed E-state index contributed by atoms with van der Waals surface area (Å²) in [4.78, 5) is 0. The lowest BCUT2D eigenvalue weighted by Gasteiger charge is -2.25. The second-order valence-electron chi connectivity index (χ2n) is 5.46. The third-order valence-electron chi connectivity index (χ3n) is 3.90. The molecule has 1 aromatic carbocycles. The van der Waals surface area contributed by atoms with E-state index in [-0.39, 0.29) is 29.2 Å². The Kier molecular flexibility index (Phi) is 5.22. The van der Waals surface area contributed by atoms with Crippen molar-refractivity contribution >= 4 is 9.84 Å².